The molecule has 0 fully saturated rings. The number of aromatic nitrogens is 2. The van der Waals surface area contributed by atoms with Gasteiger partial charge in [-0.1, -0.05) is 32.0 Å². The predicted octanol–water partition coefficient (Wildman–Crippen LogP) is 3.78. The number of hydrogen-bond acceptors (Lipinski definition) is 3. The summed E-state index contributed by atoms with van der Waals surface area (Å²) < 4.78 is 26.5. The number of likely N-dealkylation sites (N-methyl/N-ethyl adjacent to an activating group) is 1. The lowest BCUT2D eigenvalue weighted by Gasteiger charge is -2.19. The highest BCUT2D eigenvalue weighted by molar-refractivity contribution is 5.93. The second-order valence-electron chi connectivity index (χ2n) is 6.44. The van der Waals surface area contributed by atoms with Crippen LogP contribution in [0.15, 0.2) is 30.6 Å². The number of aryl methyl sites for hydroxylation is 1. The number of para-hydroxylation sites is 1. The predicted molar refractivity (Wildman–Crippen MR) is 93.7 cm³/mol. The lowest BCUT2D eigenvalue weighted by Crippen LogP contribution is -2.31. The van der Waals surface area contributed by atoms with E-state index in [1.165, 1.54) is 12.4 Å². The van der Waals surface area contributed by atoms with E-state index in [-0.39, 0.29) is 30.7 Å². The highest BCUT2D eigenvalue weighted by Crippen LogP contribution is 2.27. The molecule has 2 rings (SSSR count). The summed E-state index contributed by atoms with van der Waals surface area (Å²) >= 11 is 0. The average molecular weight is 350 g/mol. The molecule has 0 aliphatic rings. The highest BCUT2D eigenvalue weighted by Gasteiger charge is 2.16. The van der Waals surface area contributed by atoms with Crippen LogP contribution >= 0.6 is 0 Å². The van der Waals surface area contributed by atoms with Gasteiger partial charge in [-0.3, -0.25) is 14.3 Å². The Bertz CT molecular complexity index is 728. The maximum Gasteiger partial charge on any atom is 0.319 e. The lowest BCUT2D eigenvalue weighted by molar-refractivity contribution is -0.117. The second kappa shape index (κ2) is 8.20. The second-order valence-corrected chi connectivity index (χ2v) is 6.44. The minimum atomic E-state index is -2.64. The van der Waals surface area contributed by atoms with Crippen LogP contribution in [0.2, 0.25) is 0 Å². The summed E-state index contributed by atoms with van der Waals surface area (Å²) in [5, 5.41) is 2.95. The highest BCUT2D eigenvalue weighted by atomic mass is 19.3. The van der Waals surface area contributed by atoms with E-state index in [0.717, 1.165) is 21.4 Å². The molecule has 1 aromatic carbocycles. The molecule has 2 aromatic rings. The van der Waals surface area contributed by atoms with E-state index < -0.39 is 6.55 Å². The summed E-state index contributed by atoms with van der Waals surface area (Å²) in [5.41, 5.74) is 2.89. The molecule has 1 aromatic heterocycles. The Hall–Kier alpha value is -2.28. The number of imidazole rings is 1. The fourth-order valence-electron chi connectivity index (χ4n) is 2.71. The maximum absolute atomic E-state index is 12.9. The van der Waals surface area contributed by atoms with Gasteiger partial charge in [-0.25, -0.2) is 4.98 Å². The summed E-state index contributed by atoms with van der Waals surface area (Å²) in [7, 11) is 1.70. The van der Waals surface area contributed by atoms with Crippen molar-refractivity contribution in [2.24, 2.45) is 0 Å². The third-order valence-corrected chi connectivity index (χ3v) is 3.98. The molecule has 0 aliphatic heterocycles. The Morgan fingerprint density at radius 2 is 2.08 bits per heavy atom. The Morgan fingerprint density at radius 3 is 2.72 bits per heavy atom. The van der Waals surface area contributed by atoms with Gasteiger partial charge in [0.15, 0.2) is 0 Å². The Labute approximate surface area is 146 Å². The van der Waals surface area contributed by atoms with Gasteiger partial charge in [-0.2, -0.15) is 8.78 Å². The molecule has 5 nitrogen and oxygen atoms in total. The van der Waals surface area contributed by atoms with Crippen molar-refractivity contribution in [3.05, 3.63) is 47.5 Å². The molecular weight excluding hydrogens is 326 g/mol. The fraction of sp³-hybridized carbons (Fsp3) is 0.444. The molecule has 1 amide bonds. The first kappa shape index (κ1) is 19.1. The van der Waals surface area contributed by atoms with Crippen molar-refractivity contribution in [3.8, 4) is 0 Å². The van der Waals surface area contributed by atoms with E-state index in [1.54, 1.807) is 11.9 Å². The van der Waals surface area contributed by atoms with Crippen molar-refractivity contribution >= 4 is 11.6 Å². The maximum atomic E-state index is 12.9. The van der Waals surface area contributed by atoms with Crippen LogP contribution in [-0.4, -0.2) is 34.0 Å². The topological polar surface area (TPSA) is 50.2 Å². The largest absolute Gasteiger partial charge is 0.324 e. The molecule has 0 bridgehead atoms. The Morgan fingerprint density at radius 1 is 1.36 bits per heavy atom. The summed E-state index contributed by atoms with van der Waals surface area (Å²) in [6.45, 7) is 3.70. The Kier molecular flexibility index (Phi) is 6.25. The SMILES string of the molecule is Cc1cccc(C(C)C)c1NC(=O)CN(C)Cc1nccn1C(F)F. The molecule has 1 heterocycles. The molecule has 0 radical (unpaired) electrons. The van der Waals surface area contributed by atoms with Gasteiger partial charge in [0.05, 0.1) is 13.1 Å². The van der Waals surface area contributed by atoms with Gasteiger partial charge >= 0.3 is 6.55 Å². The van der Waals surface area contributed by atoms with Crippen LogP contribution in [0.25, 0.3) is 0 Å². The molecule has 25 heavy (non-hydrogen) atoms. The van der Waals surface area contributed by atoms with Crippen molar-refractivity contribution in [1.82, 2.24) is 14.5 Å². The van der Waals surface area contributed by atoms with Crippen molar-refractivity contribution in [3.63, 3.8) is 0 Å². The van der Waals surface area contributed by atoms with E-state index >= 15 is 0 Å². The van der Waals surface area contributed by atoms with Gasteiger partial charge in [0.25, 0.3) is 0 Å². The number of halogens is 2. The van der Waals surface area contributed by atoms with Crippen LogP contribution < -0.4 is 5.32 Å². The van der Waals surface area contributed by atoms with E-state index in [2.05, 4.69) is 24.1 Å². The molecule has 7 heteroatoms. The van der Waals surface area contributed by atoms with Gasteiger partial charge in [0.2, 0.25) is 5.91 Å². The van der Waals surface area contributed by atoms with Gasteiger partial charge < -0.3 is 5.32 Å². The molecule has 0 aliphatic carbocycles. The third-order valence-electron chi connectivity index (χ3n) is 3.98. The quantitative estimate of drug-likeness (QED) is 0.827. The zero-order valence-electron chi connectivity index (χ0n) is 15.0. The van der Waals surface area contributed by atoms with Gasteiger partial charge in [-0.05, 0) is 31.0 Å². The molecule has 1 N–H and O–H groups in total. The number of anilines is 1. The summed E-state index contributed by atoms with van der Waals surface area (Å²) in [6.07, 6.45) is 2.56. The van der Waals surface area contributed by atoms with E-state index in [9.17, 15) is 13.6 Å². The first-order valence-electron chi connectivity index (χ1n) is 8.17. The molecule has 0 saturated heterocycles. The number of hydrogen-bond donors (Lipinski definition) is 1. The van der Waals surface area contributed by atoms with Crippen LogP contribution in [0.3, 0.4) is 0 Å². The summed E-state index contributed by atoms with van der Waals surface area (Å²) in [6, 6.07) is 5.91. The normalized spacial score (nSPS) is 11.6. The minimum Gasteiger partial charge on any atom is -0.324 e. The summed E-state index contributed by atoms with van der Waals surface area (Å²) in [5.74, 6) is 0.323. The standard InChI is InChI=1S/C18H24F2N4O/c1-12(2)14-7-5-6-13(3)17(14)22-16(25)11-23(4)10-15-21-8-9-24(15)18(19)20/h5-9,12,18H,10-11H2,1-4H3,(H,22,25). The third kappa shape index (κ3) is 4.85. The van der Waals surface area contributed by atoms with E-state index in [4.69, 9.17) is 0 Å². The Balaban J connectivity index is 2.02. The molecule has 0 unspecified atom stereocenters. The molecular formula is C18H24F2N4O. The van der Waals surface area contributed by atoms with Crippen molar-refractivity contribution in [2.75, 3.05) is 18.9 Å². The lowest BCUT2D eigenvalue weighted by atomic mass is 9.98. The van der Waals surface area contributed by atoms with Gasteiger partial charge in [0, 0.05) is 18.1 Å². The van der Waals surface area contributed by atoms with Crippen LogP contribution in [0.1, 0.15) is 43.3 Å². The number of nitrogens with zero attached hydrogens (tertiary/aromatic N) is 3. The number of carbonyl (C=O) groups excluding carboxylic acids is 1. The van der Waals surface area contributed by atoms with Crippen LogP contribution in [0, 0.1) is 6.92 Å². The smallest absolute Gasteiger partial charge is 0.319 e. The van der Waals surface area contributed by atoms with E-state index in [0.29, 0.717) is 0 Å². The zero-order chi connectivity index (χ0) is 18.6. The molecule has 0 spiro atoms. The van der Waals surface area contributed by atoms with Gasteiger partial charge in [-0.15, -0.1) is 0 Å². The van der Waals surface area contributed by atoms with Crippen LogP contribution in [0.4, 0.5) is 14.5 Å². The fourth-order valence-corrected chi connectivity index (χ4v) is 2.71. The number of carbonyl (C=O) groups is 1. The number of rotatable bonds is 7. The summed E-state index contributed by atoms with van der Waals surface area (Å²) in [4.78, 5) is 18.0. The first-order valence-corrected chi connectivity index (χ1v) is 8.17. The van der Waals surface area contributed by atoms with Crippen LogP contribution in [-0.2, 0) is 11.3 Å². The van der Waals surface area contributed by atoms with Crippen molar-refractivity contribution in [1.29, 1.82) is 0 Å². The molecule has 136 valence electrons. The van der Waals surface area contributed by atoms with Crippen LogP contribution in [0.5, 0.6) is 0 Å². The number of benzene rings is 1. The van der Waals surface area contributed by atoms with Gasteiger partial charge in [0.1, 0.15) is 5.82 Å². The zero-order valence-corrected chi connectivity index (χ0v) is 15.0. The molecule has 0 saturated carbocycles. The first-order chi connectivity index (χ1) is 11.8. The average Bonchev–Trinajstić information content (AvgIpc) is 2.97. The molecule has 0 atom stereocenters. The van der Waals surface area contributed by atoms with Crippen molar-refractivity contribution in [2.45, 2.75) is 39.8 Å². The van der Waals surface area contributed by atoms with E-state index in [1.807, 2.05) is 25.1 Å². The number of alkyl halides is 2. The minimum absolute atomic E-state index is 0.0853. The van der Waals surface area contributed by atoms with Crippen molar-refractivity contribution < 1.29 is 13.6 Å². The monoisotopic (exact) mass is 350 g/mol. The number of nitrogens with one attached hydrogen (secondary N) is 1. The number of amides is 1.